The third kappa shape index (κ3) is 8.19. The Labute approximate surface area is 321 Å². The largest absolute Gasteiger partial charge is 0.496 e. The molecule has 3 aliphatic heterocycles. The smallest absolute Gasteiger partial charge is 0.318 e. The van der Waals surface area contributed by atoms with E-state index in [2.05, 4.69) is 15.4 Å². The van der Waals surface area contributed by atoms with E-state index in [1.165, 1.54) is 4.90 Å². The lowest BCUT2D eigenvalue weighted by atomic mass is 10.0. The first-order valence-corrected chi connectivity index (χ1v) is 21.1. The Bertz CT molecular complexity index is 1980. The quantitative estimate of drug-likeness (QED) is 0.319. The van der Waals surface area contributed by atoms with E-state index in [0.717, 1.165) is 31.2 Å². The number of aryl methyl sites for hydroxylation is 1. The third-order valence-electron chi connectivity index (χ3n) is 11.3. The fourth-order valence-electron chi connectivity index (χ4n) is 7.76. The first-order valence-electron chi connectivity index (χ1n) is 19.5. The van der Waals surface area contributed by atoms with E-state index in [0.29, 0.717) is 67.1 Å². The van der Waals surface area contributed by atoms with Gasteiger partial charge in [-0.1, -0.05) is 25.0 Å². The van der Waals surface area contributed by atoms with E-state index in [1.54, 1.807) is 18.1 Å². The predicted octanol–water partition coefficient (Wildman–Crippen LogP) is 3.47. The number of rotatable bonds is 9. The number of aromatic nitrogens is 1. The third-order valence-corrected chi connectivity index (χ3v) is 13.1. The summed E-state index contributed by atoms with van der Waals surface area (Å²) in [6.45, 7) is 6.92. The van der Waals surface area contributed by atoms with Crippen molar-refractivity contribution in [2.75, 3.05) is 26.7 Å². The van der Waals surface area contributed by atoms with Crippen LogP contribution < -0.4 is 29.6 Å². The summed E-state index contributed by atoms with van der Waals surface area (Å²) in [5.41, 5.74) is -0.0891. The molecule has 0 bridgehead atoms. The van der Waals surface area contributed by atoms with Crippen molar-refractivity contribution in [3.63, 3.8) is 0 Å². The minimum absolute atomic E-state index is 0.0188. The molecule has 1 aromatic carbocycles. The molecule has 5 unspecified atom stereocenters. The molecule has 1 aromatic heterocycles. The van der Waals surface area contributed by atoms with Crippen molar-refractivity contribution in [3.8, 4) is 17.4 Å². The van der Waals surface area contributed by atoms with Crippen molar-refractivity contribution in [2.24, 2.45) is 5.92 Å². The number of carbonyl (C=O) groups is 4. The van der Waals surface area contributed by atoms with E-state index in [-0.39, 0.29) is 31.5 Å². The van der Waals surface area contributed by atoms with E-state index >= 15 is 0 Å². The van der Waals surface area contributed by atoms with Gasteiger partial charge in [0.25, 0.3) is 5.91 Å². The maximum Gasteiger partial charge on any atom is 0.318 e. The number of pyridine rings is 1. The van der Waals surface area contributed by atoms with Gasteiger partial charge in [0, 0.05) is 42.4 Å². The summed E-state index contributed by atoms with van der Waals surface area (Å²) in [5, 5.41) is 5.93. The van der Waals surface area contributed by atoms with E-state index in [1.807, 2.05) is 45.1 Å². The molecule has 2 saturated carbocycles. The second kappa shape index (κ2) is 15.5. The van der Waals surface area contributed by atoms with Crippen LogP contribution >= 0.6 is 0 Å². The Morgan fingerprint density at radius 1 is 1.05 bits per heavy atom. The van der Waals surface area contributed by atoms with Gasteiger partial charge in [-0.3, -0.25) is 19.1 Å². The monoisotopic (exact) mass is 780 g/mol. The number of sulfonamides is 1. The highest BCUT2D eigenvalue weighted by Gasteiger charge is 2.62. The summed E-state index contributed by atoms with van der Waals surface area (Å²) in [6.07, 6.45) is 8.54. The van der Waals surface area contributed by atoms with Gasteiger partial charge in [0.2, 0.25) is 27.7 Å². The van der Waals surface area contributed by atoms with Crippen LogP contribution in [0, 0.1) is 12.8 Å². The Morgan fingerprint density at radius 2 is 1.84 bits per heavy atom. The molecule has 15 nitrogen and oxygen atoms in total. The second-order valence-corrected chi connectivity index (χ2v) is 17.7. The molecule has 4 fully saturated rings. The van der Waals surface area contributed by atoms with Gasteiger partial charge < -0.3 is 34.6 Å². The van der Waals surface area contributed by atoms with Crippen molar-refractivity contribution in [1.82, 2.24) is 30.1 Å². The van der Waals surface area contributed by atoms with Crippen LogP contribution in [0.1, 0.15) is 83.6 Å². The standard InChI is InChI=1S/C39H52N6O9S/c1-23(2)53-33-20-32(28-15-16-31(52-4)24(3)34(28)41-33)54-26-19-30-35(46)42-39(37(48)43-55(50,51)27-13-14-27)21-25(39)11-8-6-5-7-9-12-29(36(47)45(30)22-26)40-38(49)44-17-10-18-44/h8,11,15-16,20,23,25-27,29-30H,5-7,9-10,12-14,17-19,21-22H2,1-4H3,(H,40,49)(H,42,46)(H,43,48). The number of allylic oxidation sites excluding steroid dienone is 1. The van der Waals surface area contributed by atoms with Crippen LogP contribution in [0.5, 0.6) is 17.4 Å². The van der Waals surface area contributed by atoms with Crippen LogP contribution in [0.25, 0.3) is 10.9 Å². The molecule has 2 aliphatic carbocycles. The summed E-state index contributed by atoms with van der Waals surface area (Å²) < 4.78 is 46.2. The fraction of sp³-hybridized carbons (Fsp3) is 0.615. The summed E-state index contributed by atoms with van der Waals surface area (Å²) in [7, 11) is -2.30. The molecule has 298 valence electrons. The number of methoxy groups -OCH3 is 1. The molecule has 5 amide bonds. The van der Waals surface area contributed by atoms with Gasteiger partial charge in [0.15, 0.2) is 0 Å². The van der Waals surface area contributed by atoms with E-state index in [9.17, 15) is 27.6 Å². The number of hydrogen-bond acceptors (Lipinski definition) is 10. The van der Waals surface area contributed by atoms with Crippen LogP contribution in [0.2, 0.25) is 0 Å². The summed E-state index contributed by atoms with van der Waals surface area (Å²) >= 11 is 0. The Hall–Kier alpha value is -4.60. The molecular weight excluding hydrogens is 729 g/mol. The molecule has 55 heavy (non-hydrogen) atoms. The van der Waals surface area contributed by atoms with Crippen LogP contribution in [-0.2, 0) is 24.4 Å². The molecule has 5 atom stereocenters. The van der Waals surface area contributed by atoms with E-state index in [4.69, 9.17) is 19.2 Å². The van der Waals surface area contributed by atoms with Gasteiger partial charge in [0.05, 0.1) is 30.5 Å². The molecule has 2 aromatic rings. The van der Waals surface area contributed by atoms with Crippen molar-refractivity contribution < 1.29 is 41.8 Å². The minimum atomic E-state index is -3.89. The molecule has 3 N–H and O–H groups in total. The number of amides is 5. The van der Waals surface area contributed by atoms with Crippen molar-refractivity contribution in [2.45, 2.75) is 120 Å². The number of urea groups is 1. The highest BCUT2D eigenvalue weighted by molar-refractivity contribution is 7.91. The zero-order chi connectivity index (χ0) is 39.1. The highest BCUT2D eigenvalue weighted by atomic mass is 32.2. The first-order chi connectivity index (χ1) is 26.3. The summed E-state index contributed by atoms with van der Waals surface area (Å²) in [4.78, 5) is 63.8. The summed E-state index contributed by atoms with van der Waals surface area (Å²) in [5.74, 6) is -0.777. The van der Waals surface area contributed by atoms with E-state index < -0.39 is 62.6 Å². The zero-order valence-corrected chi connectivity index (χ0v) is 32.8. The topological polar surface area (TPSA) is 186 Å². The normalized spacial score (nSPS) is 27.2. The van der Waals surface area contributed by atoms with Gasteiger partial charge in [0.1, 0.15) is 35.2 Å². The number of carbonyl (C=O) groups excluding carboxylic acids is 4. The maximum absolute atomic E-state index is 14.6. The average Bonchev–Trinajstić information content (AvgIpc) is 4.03. The summed E-state index contributed by atoms with van der Waals surface area (Å²) in [6, 6.07) is 3.07. The Balaban J connectivity index is 1.22. The van der Waals surface area contributed by atoms with Gasteiger partial charge >= 0.3 is 6.03 Å². The number of benzene rings is 1. The SMILES string of the molecule is COc1ccc2c(OC3CC4C(=O)NC5(C(=O)NS(=O)(=O)C6CC6)CC5C=CCCCCCC(NC(=O)N5CCC5)C(=O)N4C3)cc(OC(C)C)nc2c1C. The number of nitrogens with zero attached hydrogens (tertiary/aromatic N) is 3. The van der Waals surface area contributed by atoms with Gasteiger partial charge in [-0.25, -0.2) is 18.2 Å². The number of ether oxygens (including phenoxy) is 3. The van der Waals surface area contributed by atoms with Gasteiger partial charge in [-0.05, 0) is 77.8 Å². The number of nitrogens with one attached hydrogen (secondary N) is 3. The first kappa shape index (κ1) is 38.7. The van der Waals surface area contributed by atoms with Crippen LogP contribution in [-0.4, -0.2) is 109 Å². The second-order valence-electron chi connectivity index (χ2n) is 15.8. The van der Waals surface area contributed by atoms with Crippen LogP contribution in [0.4, 0.5) is 4.79 Å². The minimum Gasteiger partial charge on any atom is -0.496 e. The van der Waals surface area contributed by atoms with Crippen molar-refractivity contribution in [1.29, 1.82) is 0 Å². The molecule has 4 heterocycles. The van der Waals surface area contributed by atoms with Crippen LogP contribution in [0.15, 0.2) is 30.4 Å². The lowest BCUT2D eigenvalue weighted by Crippen LogP contribution is -2.59. The number of likely N-dealkylation sites (tertiary alicyclic amines) is 1. The molecule has 2 saturated heterocycles. The predicted molar refractivity (Wildman–Crippen MR) is 203 cm³/mol. The zero-order valence-electron chi connectivity index (χ0n) is 32.0. The highest BCUT2D eigenvalue weighted by Crippen LogP contribution is 2.46. The molecular formula is C39H52N6O9S. The maximum atomic E-state index is 14.6. The fourth-order valence-corrected chi connectivity index (χ4v) is 9.13. The van der Waals surface area contributed by atoms with Crippen molar-refractivity contribution >= 4 is 44.7 Å². The van der Waals surface area contributed by atoms with Gasteiger partial charge in [-0.2, -0.15) is 0 Å². The lowest BCUT2D eigenvalue weighted by Gasteiger charge is -2.34. The average molecular weight is 781 g/mol. The molecule has 0 spiro atoms. The van der Waals surface area contributed by atoms with Crippen LogP contribution in [0.3, 0.4) is 0 Å². The lowest BCUT2D eigenvalue weighted by molar-refractivity contribution is -0.141. The molecule has 0 radical (unpaired) electrons. The number of fused-ring (bicyclic) bond motifs is 3. The molecule has 7 rings (SSSR count). The Kier molecular flexibility index (Phi) is 10.9. The molecule has 16 heteroatoms. The van der Waals surface area contributed by atoms with Gasteiger partial charge in [-0.15, -0.1) is 0 Å². The number of hydrogen-bond donors (Lipinski definition) is 3. The Morgan fingerprint density at radius 3 is 2.53 bits per heavy atom. The van der Waals surface area contributed by atoms with Crippen molar-refractivity contribution in [3.05, 3.63) is 35.9 Å². The molecule has 5 aliphatic rings.